The van der Waals surface area contributed by atoms with Crippen LogP contribution in [0.25, 0.3) is 0 Å². The normalized spacial score (nSPS) is 47.9. The summed E-state index contributed by atoms with van der Waals surface area (Å²) < 4.78 is 23.0. The van der Waals surface area contributed by atoms with E-state index < -0.39 is 70.8 Å². The molecule has 34 heavy (non-hydrogen) atoms. The molecule has 2 saturated heterocycles. The highest BCUT2D eigenvalue weighted by molar-refractivity contribution is 5.92. The van der Waals surface area contributed by atoms with E-state index in [4.69, 9.17) is 18.9 Å². The molecule has 0 bridgehead atoms. The summed E-state index contributed by atoms with van der Waals surface area (Å²) in [5.41, 5.74) is -3.41. The van der Waals surface area contributed by atoms with E-state index in [1.165, 1.54) is 0 Å². The number of aliphatic hydroxyl groups excluding tert-OH is 1. The first-order valence-corrected chi connectivity index (χ1v) is 11.7. The standard InChI is InChI=1S/C25H34O9/c1-8-11(2)20(27)33-19-17(32-22(29)25(7)13(4)34-25)15-12(3)21(28)31-16(15)18-23(5,30)10-9-14(26)24(18,19)6/h8,13-19,26,30H,3,9-10H2,1-2,4-7H3/b11-8-/t13-,14+,15-,16+,17-,18-,19+,23-,24-,25-/m0/s1. The Hall–Kier alpha value is -2.23. The van der Waals surface area contributed by atoms with Crippen LogP contribution < -0.4 is 0 Å². The lowest BCUT2D eigenvalue weighted by Gasteiger charge is -2.61. The van der Waals surface area contributed by atoms with Gasteiger partial charge in [-0.05, 0) is 47.5 Å². The van der Waals surface area contributed by atoms with E-state index in [1.807, 2.05) is 0 Å². The summed E-state index contributed by atoms with van der Waals surface area (Å²) in [7, 11) is 0. The summed E-state index contributed by atoms with van der Waals surface area (Å²) in [5, 5.41) is 22.7. The molecule has 188 valence electrons. The number of hydrogen-bond donors (Lipinski definition) is 2. The van der Waals surface area contributed by atoms with Crippen LogP contribution >= 0.6 is 0 Å². The van der Waals surface area contributed by atoms with Gasteiger partial charge in [-0.2, -0.15) is 0 Å². The lowest BCUT2D eigenvalue weighted by atomic mass is 9.49. The Bertz CT molecular complexity index is 967. The highest BCUT2D eigenvalue weighted by atomic mass is 16.7. The third-order valence-corrected chi connectivity index (χ3v) is 8.62. The van der Waals surface area contributed by atoms with Crippen molar-refractivity contribution >= 4 is 17.9 Å². The Morgan fingerprint density at radius 3 is 2.41 bits per heavy atom. The third kappa shape index (κ3) is 3.43. The van der Waals surface area contributed by atoms with Gasteiger partial charge in [-0.25, -0.2) is 14.4 Å². The molecule has 2 aliphatic heterocycles. The molecule has 0 aromatic heterocycles. The van der Waals surface area contributed by atoms with Gasteiger partial charge in [0.1, 0.15) is 18.3 Å². The summed E-state index contributed by atoms with van der Waals surface area (Å²) in [5.74, 6) is -3.66. The van der Waals surface area contributed by atoms with Crippen LogP contribution in [0.15, 0.2) is 23.8 Å². The molecule has 2 aliphatic carbocycles. The smallest absolute Gasteiger partial charge is 0.341 e. The quantitative estimate of drug-likeness (QED) is 0.268. The molecule has 4 rings (SSSR count). The SMILES string of the molecule is C=C1C(=O)O[C@@H]2[C@H]1[C@H](OC(=O)[C@@]1(C)O[C@H]1C)[C@@H](OC(=O)/C(C)=C\C)[C@@]1(C)[C@H](O)CC[C@](C)(O)[C@H]21. The molecule has 4 aliphatic rings. The number of epoxide rings is 1. The number of hydrogen-bond acceptors (Lipinski definition) is 9. The van der Waals surface area contributed by atoms with Crippen molar-refractivity contribution in [2.75, 3.05) is 0 Å². The Labute approximate surface area is 199 Å². The molecule has 0 radical (unpaired) electrons. The molecule has 0 spiro atoms. The van der Waals surface area contributed by atoms with E-state index in [-0.39, 0.29) is 24.5 Å². The maximum absolute atomic E-state index is 13.1. The molecule has 0 aromatic carbocycles. The van der Waals surface area contributed by atoms with E-state index in [0.29, 0.717) is 5.57 Å². The Morgan fingerprint density at radius 2 is 1.85 bits per heavy atom. The van der Waals surface area contributed by atoms with Gasteiger partial charge in [0.15, 0.2) is 5.60 Å². The van der Waals surface area contributed by atoms with Crippen molar-refractivity contribution in [3.8, 4) is 0 Å². The van der Waals surface area contributed by atoms with E-state index in [2.05, 4.69) is 6.58 Å². The van der Waals surface area contributed by atoms with Gasteiger partial charge in [-0.1, -0.05) is 19.6 Å². The lowest BCUT2D eigenvalue weighted by Crippen LogP contribution is -2.72. The minimum atomic E-state index is -1.35. The maximum Gasteiger partial charge on any atom is 0.341 e. The molecule has 9 nitrogen and oxygen atoms in total. The van der Waals surface area contributed by atoms with Gasteiger partial charge in [-0.15, -0.1) is 0 Å². The van der Waals surface area contributed by atoms with Gasteiger partial charge in [-0.3, -0.25) is 0 Å². The summed E-state index contributed by atoms with van der Waals surface area (Å²) in [6, 6.07) is 0. The monoisotopic (exact) mass is 478 g/mol. The van der Waals surface area contributed by atoms with Crippen LogP contribution in [0.5, 0.6) is 0 Å². The van der Waals surface area contributed by atoms with Crippen LogP contribution in [0.1, 0.15) is 54.4 Å². The number of ether oxygens (including phenoxy) is 4. The average Bonchev–Trinajstić information content (AvgIpc) is 3.29. The first kappa shape index (κ1) is 24.9. The predicted molar refractivity (Wildman–Crippen MR) is 118 cm³/mol. The largest absolute Gasteiger partial charge is 0.458 e. The zero-order valence-corrected chi connectivity index (χ0v) is 20.5. The second-order valence-corrected chi connectivity index (χ2v) is 10.7. The second kappa shape index (κ2) is 7.90. The van der Waals surface area contributed by atoms with Crippen molar-refractivity contribution in [1.82, 2.24) is 0 Å². The lowest BCUT2D eigenvalue weighted by molar-refractivity contribution is -0.277. The minimum Gasteiger partial charge on any atom is -0.458 e. The van der Waals surface area contributed by atoms with Crippen LogP contribution in [-0.4, -0.2) is 69.8 Å². The topological polar surface area (TPSA) is 132 Å². The zero-order chi connectivity index (χ0) is 25.4. The number of fused-ring (bicyclic) bond motifs is 3. The van der Waals surface area contributed by atoms with Crippen LogP contribution in [0.3, 0.4) is 0 Å². The fraction of sp³-hybridized carbons (Fsp3) is 0.720. The van der Waals surface area contributed by atoms with E-state index in [0.717, 1.165) is 0 Å². The molecule has 4 fully saturated rings. The highest BCUT2D eigenvalue weighted by Gasteiger charge is 2.72. The van der Waals surface area contributed by atoms with Gasteiger partial charge < -0.3 is 29.2 Å². The van der Waals surface area contributed by atoms with Crippen LogP contribution in [0.2, 0.25) is 0 Å². The van der Waals surface area contributed by atoms with E-state index in [9.17, 15) is 24.6 Å². The molecule has 0 aromatic rings. The van der Waals surface area contributed by atoms with Crippen molar-refractivity contribution < 1.29 is 43.5 Å². The highest BCUT2D eigenvalue weighted by Crippen LogP contribution is 2.60. The first-order chi connectivity index (χ1) is 15.7. The molecule has 2 heterocycles. The van der Waals surface area contributed by atoms with E-state index >= 15 is 0 Å². The van der Waals surface area contributed by atoms with Gasteiger partial charge >= 0.3 is 17.9 Å². The summed E-state index contributed by atoms with van der Waals surface area (Å²) in [6.45, 7) is 13.8. The Balaban J connectivity index is 1.85. The molecule has 2 N–H and O–H groups in total. The molecule has 2 saturated carbocycles. The van der Waals surface area contributed by atoms with Crippen molar-refractivity contribution in [2.24, 2.45) is 17.3 Å². The van der Waals surface area contributed by atoms with Gasteiger partial charge in [0, 0.05) is 22.5 Å². The average molecular weight is 479 g/mol. The first-order valence-electron chi connectivity index (χ1n) is 11.7. The number of aliphatic hydroxyl groups is 2. The molecule has 0 unspecified atom stereocenters. The second-order valence-electron chi connectivity index (χ2n) is 10.7. The molecular weight excluding hydrogens is 444 g/mol. The summed E-state index contributed by atoms with van der Waals surface area (Å²) in [6.07, 6.45) is -2.60. The number of carbonyl (C=O) groups is 3. The van der Waals surface area contributed by atoms with Crippen molar-refractivity contribution in [3.63, 3.8) is 0 Å². The van der Waals surface area contributed by atoms with Gasteiger partial charge in [0.25, 0.3) is 0 Å². The summed E-state index contributed by atoms with van der Waals surface area (Å²) in [4.78, 5) is 38.7. The maximum atomic E-state index is 13.1. The van der Waals surface area contributed by atoms with Gasteiger partial charge in [0.2, 0.25) is 0 Å². The fourth-order valence-electron chi connectivity index (χ4n) is 6.10. The Kier molecular flexibility index (Phi) is 5.78. The van der Waals surface area contributed by atoms with Gasteiger partial charge in [0.05, 0.1) is 23.7 Å². The molecule has 10 atom stereocenters. The predicted octanol–water partition coefficient (Wildman–Crippen LogP) is 1.59. The number of rotatable bonds is 4. The van der Waals surface area contributed by atoms with Crippen molar-refractivity contribution in [3.05, 3.63) is 23.8 Å². The molecule has 9 heteroatoms. The number of esters is 3. The van der Waals surface area contributed by atoms with Crippen LogP contribution in [-0.2, 0) is 33.3 Å². The van der Waals surface area contributed by atoms with Crippen LogP contribution in [0, 0.1) is 17.3 Å². The molecule has 0 amide bonds. The van der Waals surface area contributed by atoms with E-state index in [1.54, 1.807) is 47.6 Å². The minimum absolute atomic E-state index is 0.0689. The Morgan fingerprint density at radius 1 is 1.24 bits per heavy atom. The number of carbonyl (C=O) groups excluding carboxylic acids is 3. The van der Waals surface area contributed by atoms with Crippen LogP contribution in [0.4, 0.5) is 0 Å². The van der Waals surface area contributed by atoms with Crippen molar-refractivity contribution in [2.45, 2.75) is 96.1 Å². The summed E-state index contributed by atoms with van der Waals surface area (Å²) >= 11 is 0. The molecular formula is C25H34O9. The third-order valence-electron chi connectivity index (χ3n) is 8.62. The fourth-order valence-corrected chi connectivity index (χ4v) is 6.10. The van der Waals surface area contributed by atoms with Crippen molar-refractivity contribution in [1.29, 1.82) is 0 Å². The zero-order valence-electron chi connectivity index (χ0n) is 20.5. The number of allylic oxidation sites excluding steroid dienone is 1.